The molecule has 1 saturated heterocycles. The van der Waals surface area contributed by atoms with E-state index in [-0.39, 0.29) is 11.9 Å². The highest BCUT2D eigenvalue weighted by Gasteiger charge is 2.15. The van der Waals surface area contributed by atoms with Crippen LogP contribution in [-0.2, 0) is 4.79 Å². The van der Waals surface area contributed by atoms with E-state index in [1.54, 1.807) is 11.8 Å². The number of piperidine rings is 1. The first-order chi connectivity index (χ1) is 7.22. The SMILES string of the molecule is C#CC(C)NC(=O)CSC1CCNCC1. The summed E-state index contributed by atoms with van der Waals surface area (Å²) < 4.78 is 0. The number of rotatable bonds is 4. The fourth-order valence-electron chi connectivity index (χ4n) is 1.48. The molecule has 1 amide bonds. The van der Waals surface area contributed by atoms with E-state index in [2.05, 4.69) is 16.6 Å². The highest BCUT2D eigenvalue weighted by Crippen LogP contribution is 2.19. The van der Waals surface area contributed by atoms with E-state index in [9.17, 15) is 4.79 Å². The van der Waals surface area contributed by atoms with Gasteiger partial charge in [-0.15, -0.1) is 18.2 Å². The van der Waals surface area contributed by atoms with E-state index in [0.29, 0.717) is 11.0 Å². The zero-order chi connectivity index (χ0) is 11.1. The van der Waals surface area contributed by atoms with Crippen molar-refractivity contribution in [3.05, 3.63) is 0 Å². The van der Waals surface area contributed by atoms with Gasteiger partial charge in [-0.05, 0) is 32.9 Å². The van der Waals surface area contributed by atoms with Gasteiger partial charge < -0.3 is 10.6 Å². The second-order valence-corrected chi connectivity index (χ2v) is 5.00. The van der Waals surface area contributed by atoms with Gasteiger partial charge >= 0.3 is 0 Å². The Morgan fingerprint density at radius 2 is 2.33 bits per heavy atom. The summed E-state index contributed by atoms with van der Waals surface area (Å²) in [4.78, 5) is 11.4. The summed E-state index contributed by atoms with van der Waals surface area (Å²) in [5.41, 5.74) is 0. The van der Waals surface area contributed by atoms with Crippen LogP contribution in [0.25, 0.3) is 0 Å². The molecule has 1 aliphatic heterocycles. The molecule has 1 atom stereocenters. The van der Waals surface area contributed by atoms with Crippen molar-refractivity contribution in [2.24, 2.45) is 0 Å². The highest BCUT2D eigenvalue weighted by molar-refractivity contribution is 8.00. The largest absolute Gasteiger partial charge is 0.342 e. The molecule has 1 aliphatic rings. The van der Waals surface area contributed by atoms with Crippen molar-refractivity contribution < 1.29 is 4.79 Å². The number of hydrogen-bond acceptors (Lipinski definition) is 3. The Hall–Kier alpha value is -0.660. The third-order valence-electron chi connectivity index (χ3n) is 2.36. The summed E-state index contributed by atoms with van der Waals surface area (Å²) in [5.74, 6) is 3.05. The van der Waals surface area contributed by atoms with Gasteiger partial charge in [-0.2, -0.15) is 0 Å². The summed E-state index contributed by atoms with van der Waals surface area (Å²) >= 11 is 1.74. The minimum Gasteiger partial charge on any atom is -0.342 e. The Morgan fingerprint density at radius 3 is 2.93 bits per heavy atom. The molecule has 2 N–H and O–H groups in total. The molecule has 0 bridgehead atoms. The van der Waals surface area contributed by atoms with Gasteiger partial charge in [0.15, 0.2) is 0 Å². The first kappa shape index (κ1) is 12.4. The monoisotopic (exact) mass is 226 g/mol. The van der Waals surface area contributed by atoms with E-state index in [0.717, 1.165) is 25.9 Å². The normalized spacial score (nSPS) is 19.2. The molecular weight excluding hydrogens is 208 g/mol. The van der Waals surface area contributed by atoms with Crippen molar-refractivity contribution in [1.29, 1.82) is 0 Å². The maximum absolute atomic E-state index is 11.4. The summed E-state index contributed by atoms with van der Waals surface area (Å²) in [6.45, 7) is 3.95. The zero-order valence-electron chi connectivity index (χ0n) is 9.08. The van der Waals surface area contributed by atoms with Gasteiger partial charge in [-0.3, -0.25) is 4.79 Å². The van der Waals surface area contributed by atoms with Crippen LogP contribution in [0.3, 0.4) is 0 Å². The molecule has 1 rings (SSSR count). The number of terminal acetylenes is 1. The van der Waals surface area contributed by atoms with Gasteiger partial charge in [-0.1, -0.05) is 5.92 Å². The van der Waals surface area contributed by atoms with Crippen molar-refractivity contribution in [3.63, 3.8) is 0 Å². The molecule has 1 unspecified atom stereocenters. The van der Waals surface area contributed by atoms with E-state index in [1.165, 1.54) is 0 Å². The van der Waals surface area contributed by atoms with E-state index < -0.39 is 0 Å². The summed E-state index contributed by atoms with van der Waals surface area (Å²) in [7, 11) is 0. The number of carbonyl (C=O) groups excluding carboxylic acids is 1. The average molecular weight is 226 g/mol. The lowest BCUT2D eigenvalue weighted by Crippen LogP contribution is -2.34. The number of thioether (sulfide) groups is 1. The highest BCUT2D eigenvalue weighted by atomic mass is 32.2. The van der Waals surface area contributed by atoms with Crippen molar-refractivity contribution in [3.8, 4) is 12.3 Å². The van der Waals surface area contributed by atoms with Crippen LogP contribution in [0, 0.1) is 12.3 Å². The number of amides is 1. The topological polar surface area (TPSA) is 41.1 Å². The van der Waals surface area contributed by atoms with E-state index >= 15 is 0 Å². The van der Waals surface area contributed by atoms with E-state index in [4.69, 9.17) is 6.42 Å². The van der Waals surface area contributed by atoms with Crippen LogP contribution < -0.4 is 10.6 Å². The zero-order valence-corrected chi connectivity index (χ0v) is 9.90. The van der Waals surface area contributed by atoms with Crippen LogP contribution in [0.15, 0.2) is 0 Å². The lowest BCUT2D eigenvalue weighted by molar-refractivity contribution is -0.118. The van der Waals surface area contributed by atoms with Crippen LogP contribution in [0.5, 0.6) is 0 Å². The molecule has 1 fully saturated rings. The molecule has 0 radical (unpaired) electrons. The minimum absolute atomic E-state index is 0.0454. The fraction of sp³-hybridized carbons (Fsp3) is 0.727. The second kappa shape index (κ2) is 6.76. The summed E-state index contributed by atoms with van der Waals surface area (Å²) in [5, 5.41) is 6.68. The molecule has 4 heteroatoms. The number of nitrogens with one attached hydrogen (secondary N) is 2. The third kappa shape index (κ3) is 5.10. The van der Waals surface area contributed by atoms with Gasteiger partial charge in [0.25, 0.3) is 0 Å². The Bertz CT molecular complexity index is 243. The maximum atomic E-state index is 11.4. The molecule has 0 spiro atoms. The molecule has 84 valence electrons. The Labute approximate surface area is 95.8 Å². The first-order valence-corrected chi connectivity index (χ1v) is 6.35. The van der Waals surface area contributed by atoms with Crippen LogP contribution >= 0.6 is 11.8 Å². The quantitative estimate of drug-likeness (QED) is 0.690. The predicted octanol–water partition coefficient (Wildman–Crippen LogP) is 0.609. The first-order valence-electron chi connectivity index (χ1n) is 5.30. The number of hydrogen-bond donors (Lipinski definition) is 2. The minimum atomic E-state index is -0.161. The van der Waals surface area contributed by atoms with Crippen molar-refractivity contribution in [1.82, 2.24) is 10.6 Å². The third-order valence-corrected chi connectivity index (χ3v) is 3.74. The molecule has 0 aliphatic carbocycles. The molecule has 0 saturated carbocycles. The van der Waals surface area contributed by atoms with E-state index in [1.807, 2.05) is 6.92 Å². The average Bonchev–Trinajstić information content (AvgIpc) is 2.27. The molecule has 0 aromatic carbocycles. The molecule has 3 nitrogen and oxygen atoms in total. The lowest BCUT2D eigenvalue weighted by Gasteiger charge is -2.21. The van der Waals surface area contributed by atoms with Crippen LogP contribution in [-0.4, -0.2) is 36.0 Å². The molecular formula is C11H18N2OS. The summed E-state index contributed by atoms with van der Waals surface area (Å²) in [6.07, 6.45) is 7.49. The van der Waals surface area contributed by atoms with Gasteiger partial charge in [0, 0.05) is 5.25 Å². The number of carbonyl (C=O) groups is 1. The lowest BCUT2D eigenvalue weighted by atomic mass is 10.2. The molecule has 0 aromatic heterocycles. The standard InChI is InChI=1S/C11H18N2OS/c1-3-9(2)13-11(14)8-15-10-4-6-12-7-5-10/h1,9-10,12H,4-8H2,2H3,(H,13,14). The Kier molecular flexibility index (Phi) is 5.59. The molecule has 15 heavy (non-hydrogen) atoms. The van der Waals surface area contributed by atoms with Crippen molar-refractivity contribution in [2.75, 3.05) is 18.8 Å². The smallest absolute Gasteiger partial charge is 0.230 e. The van der Waals surface area contributed by atoms with Crippen LogP contribution in [0.2, 0.25) is 0 Å². The summed E-state index contributed by atoms with van der Waals surface area (Å²) in [6, 6.07) is -0.161. The predicted molar refractivity (Wildman–Crippen MR) is 64.8 cm³/mol. The Morgan fingerprint density at radius 1 is 1.67 bits per heavy atom. The van der Waals surface area contributed by atoms with Crippen molar-refractivity contribution in [2.45, 2.75) is 31.1 Å². The van der Waals surface area contributed by atoms with Crippen molar-refractivity contribution >= 4 is 17.7 Å². The van der Waals surface area contributed by atoms with Gasteiger partial charge in [0.05, 0.1) is 11.8 Å². The second-order valence-electron chi connectivity index (χ2n) is 3.72. The Balaban J connectivity index is 2.13. The van der Waals surface area contributed by atoms with Crippen LogP contribution in [0.4, 0.5) is 0 Å². The van der Waals surface area contributed by atoms with Gasteiger partial charge in [-0.25, -0.2) is 0 Å². The fourth-order valence-corrected chi connectivity index (χ4v) is 2.52. The molecule has 1 heterocycles. The van der Waals surface area contributed by atoms with Gasteiger partial charge in [0.2, 0.25) is 5.91 Å². The van der Waals surface area contributed by atoms with Gasteiger partial charge in [0.1, 0.15) is 0 Å². The molecule has 0 aromatic rings. The van der Waals surface area contributed by atoms with Crippen LogP contribution in [0.1, 0.15) is 19.8 Å². The maximum Gasteiger partial charge on any atom is 0.230 e.